The number of hydrogen-bond donors (Lipinski definition) is 1. The van der Waals surface area contributed by atoms with Crippen LogP contribution in [0.3, 0.4) is 0 Å². The number of nitrogens with zero attached hydrogens (tertiary/aromatic N) is 2. The summed E-state index contributed by atoms with van der Waals surface area (Å²) >= 11 is 3.35. The van der Waals surface area contributed by atoms with E-state index in [2.05, 4.69) is 40.2 Å². The van der Waals surface area contributed by atoms with Crippen molar-refractivity contribution in [2.45, 2.75) is 33.4 Å². The zero-order valence-corrected chi connectivity index (χ0v) is 14.6. The lowest BCUT2D eigenvalue weighted by Crippen LogP contribution is -2.33. The van der Waals surface area contributed by atoms with Crippen LogP contribution in [0.2, 0.25) is 0 Å². The maximum atomic E-state index is 12.2. The van der Waals surface area contributed by atoms with Crippen molar-refractivity contribution in [1.29, 1.82) is 0 Å². The average Bonchev–Trinajstić information content (AvgIpc) is 2.46. The minimum absolute atomic E-state index is 0.122. The van der Waals surface area contributed by atoms with Crippen molar-refractivity contribution in [3.8, 4) is 0 Å². The zero-order valence-electron chi connectivity index (χ0n) is 13.1. The third kappa shape index (κ3) is 5.41. The Balaban J connectivity index is 2.87. The molecular formula is C14H24BrN3O3. The lowest BCUT2D eigenvalue weighted by molar-refractivity contribution is 0.126. The predicted octanol–water partition coefficient (Wildman–Crippen LogP) is 2.13. The highest BCUT2D eigenvalue weighted by molar-refractivity contribution is 9.10. The molecular weight excluding hydrogens is 338 g/mol. The maximum Gasteiger partial charge on any atom is 0.283 e. The third-order valence-corrected chi connectivity index (χ3v) is 3.91. The summed E-state index contributed by atoms with van der Waals surface area (Å²) in [4.78, 5) is 12.2. The number of aromatic nitrogens is 2. The van der Waals surface area contributed by atoms with E-state index in [1.165, 1.54) is 4.68 Å². The molecule has 0 spiro atoms. The second-order valence-corrected chi connectivity index (χ2v) is 5.84. The van der Waals surface area contributed by atoms with Crippen LogP contribution in [-0.2, 0) is 16.0 Å². The van der Waals surface area contributed by atoms with Gasteiger partial charge in [0, 0.05) is 13.7 Å². The Morgan fingerprint density at radius 1 is 1.48 bits per heavy atom. The number of methoxy groups -OCH3 is 1. The fourth-order valence-electron chi connectivity index (χ4n) is 1.75. The molecule has 6 nitrogen and oxygen atoms in total. The molecule has 0 amide bonds. The Morgan fingerprint density at radius 3 is 2.76 bits per heavy atom. The van der Waals surface area contributed by atoms with E-state index >= 15 is 0 Å². The van der Waals surface area contributed by atoms with Crippen molar-refractivity contribution < 1.29 is 9.47 Å². The van der Waals surface area contributed by atoms with Crippen LogP contribution in [0, 0.1) is 5.92 Å². The molecule has 0 aliphatic carbocycles. The molecule has 1 aromatic heterocycles. The van der Waals surface area contributed by atoms with E-state index in [0.29, 0.717) is 42.4 Å². The maximum absolute atomic E-state index is 12.2. The standard InChI is InChI=1S/C14H24BrN3O3/c1-5-21-9-12(10(2)3)17-11-8-16-18(6-7-20-4)14(19)13(11)15/h8,10,12,17H,5-7,9H2,1-4H3. The van der Waals surface area contributed by atoms with Gasteiger partial charge in [-0.2, -0.15) is 5.10 Å². The molecule has 0 aliphatic heterocycles. The Hall–Kier alpha value is -0.920. The SMILES string of the molecule is CCOCC(Nc1cnn(CCOC)c(=O)c1Br)C(C)C. The monoisotopic (exact) mass is 361 g/mol. The van der Waals surface area contributed by atoms with E-state index in [0.717, 1.165) is 0 Å². The van der Waals surface area contributed by atoms with Crippen molar-refractivity contribution in [1.82, 2.24) is 9.78 Å². The number of nitrogens with one attached hydrogen (secondary N) is 1. The zero-order chi connectivity index (χ0) is 15.8. The van der Waals surface area contributed by atoms with Crippen molar-refractivity contribution in [2.24, 2.45) is 5.92 Å². The van der Waals surface area contributed by atoms with Gasteiger partial charge < -0.3 is 14.8 Å². The molecule has 1 N–H and O–H groups in total. The molecule has 0 bridgehead atoms. The smallest absolute Gasteiger partial charge is 0.283 e. The highest BCUT2D eigenvalue weighted by Gasteiger charge is 2.16. The number of hydrogen-bond acceptors (Lipinski definition) is 5. The van der Waals surface area contributed by atoms with Crippen LogP contribution in [0.15, 0.2) is 15.5 Å². The van der Waals surface area contributed by atoms with Gasteiger partial charge in [-0.25, -0.2) is 4.68 Å². The fraction of sp³-hybridized carbons (Fsp3) is 0.714. The van der Waals surface area contributed by atoms with Gasteiger partial charge in [-0.1, -0.05) is 13.8 Å². The molecule has 1 aromatic rings. The molecule has 7 heteroatoms. The van der Waals surface area contributed by atoms with Crippen LogP contribution in [-0.4, -0.2) is 42.8 Å². The fourth-order valence-corrected chi connectivity index (χ4v) is 2.17. The quantitative estimate of drug-likeness (QED) is 0.729. The summed E-state index contributed by atoms with van der Waals surface area (Å²) in [6, 6.07) is 0.122. The van der Waals surface area contributed by atoms with Gasteiger partial charge in [0.15, 0.2) is 0 Å². The number of anilines is 1. The topological polar surface area (TPSA) is 65.4 Å². The summed E-state index contributed by atoms with van der Waals surface area (Å²) < 4.78 is 12.3. The van der Waals surface area contributed by atoms with E-state index < -0.39 is 0 Å². The summed E-state index contributed by atoms with van der Waals surface area (Å²) in [6.07, 6.45) is 1.66. The normalized spacial score (nSPS) is 12.7. The van der Waals surface area contributed by atoms with Gasteiger partial charge in [-0.15, -0.1) is 0 Å². The molecule has 0 radical (unpaired) electrons. The van der Waals surface area contributed by atoms with Crippen LogP contribution in [0.25, 0.3) is 0 Å². The van der Waals surface area contributed by atoms with Crippen LogP contribution in [0.4, 0.5) is 5.69 Å². The minimum Gasteiger partial charge on any atom is -0.383 e. The molecule has 1 rings (SSSR count). The number of ether oxygens (including phenoxy) is 2. The largest absolute Gasteiger partial charge is 0.383 e. The van der Waals surface area contributed by atoms with Crippen LogP contribution < -0.4 is 10.9 Å². The summed E-state index contributed by atoms with van der Waals surface area (Å²) in [5.74, 6) is 0.374. The summed E-state index contributed by atoms with van der Waals surface area (Å²) in [5, 5.41) is 7.49. The van der Waals surface area contributed by atoms with Gasteiger partial charge in [0.2, 0.25) is 0 Å². The lowest BCUT2D eigenvalue weighted by Gasteiger charge is -2.23. The van der Waals surface area contributed by atoms with E-state index in [-0.39, 0.29) is 11.6 Å². The molecule has 1 atom stereocenters. The summed E-state index contributed by atoms with van der Waals surface area (Å²) in [5.41, 5.74) is 0.517. The molecule has 21 heavy (non-hydrogen) atoms. The second-order valence-electron chi connectivity index (χ2n) is 5.05. The first-order valence-corrected chi connectivity index (χ1v) is 7.89. The van der Waals surface area contributed by atoms with Gasteiger partial charge >= 0.3 is 0 Å². The summed E-state index contributed by atoms with van der Waals surface area (Å²) in [6.45, 7) is 8.32. The van der Waals surface area contributed by atoms with Crippen LogP contribution in [0.5, 0.6) is 0 Å². The van der Waals surface area contributed by atoms with Crippen LogP contribution >= 0.6 is 15.9 Å². The minimum atomic E-state index is -0.170. The molecule has 0 saturated heterocycles. The Labute approximate surface area is 134 Å². The number of rotatable bonds is 9. The van der Waals surface area contributed by atoms with Crippen LogP contribution in [0.1, 0.15) is 20.8 Å². The Bertz CT molecular complexity index is 491. The predicted molar refractivity (Wildman–Crippen MR) is 86.8 cm³/mol. The lowest BCUT2D eigenvalue weighted by atomic mass is 10.1. The van der Waals surface area contributed by atoms with Crippen molar-refractivity contribution in [3.05, 3.63) is 21.0 Å². The van der Waals surface area contributed by atoms with Gasteiger partial charge in [-0.05, 0) is 28.8 Å². The first-order chi connectivity index (χ1) is 10.0. The highest BCUT2D eigenvalue weighted by Crippen LogP contribution is 2.19. The molecule has 0 aliphatic rings. The first kappa shape index (κ1) is 18.1. The second kappa shape index (κ2) is 9.17. The summed E-state index contributed by atoms with van der Waals surface area (Å²) in [7, 11) is 1.59. The van der Waals surface area contributed by atoms with Crippen molar-refractivity contribution in [3.63, 3.8) is 0 Å². The molecule has 1 heterocycles. The van der Waals surface area contributed by atoms with Crippen molar-refractivity contribution >= 4 is 21.6 Å². The Kier molecular flexibility index (Phi) is 7.92. The third-order valence-electron chi connectivity index (χ3n) is 3.14. The van der Waals surface area contributed by atoms with Crippen molar-refractivity contribution in [2.75, 3.05) is 32.2 Å². The van der Waals surface area contributed by atoms with E-state index in [1.807, 2.05) is 6.92 Å². The molecule has 0 aromatic carbocycles. The first-order valence-electron chi connectivity index (χ1n) is 7.10. The molecule has 1 unspecified atom stereocenters. The van der Waals surface area contributed by atoms with Gasteiger partial charge in [0.05, 0.1) is 37.7 Å². The molecule has 0 fully saturated rings. The molecule has 120 valence electrons. The van der Waals surface area contributed by atoms with Gasteiger partial charge in [0.25, 0.3) is 5.56 Å². The van der Waals surface area contributed by atoms with E-state index in [9.17, 15) is 4.79 Å². The van der Waals surface area contributed by atoms with Gasteiger partial charge in [0.1, 0.15) is 4.47 Å². The molecule has 0 saturated carbocycles. The average molecular weight is 362 g/mol. The number of halogens is 1. The Morgan fingerprint density at radius 2 is 2.19 bits per heavy atom. The van der Waals surface area contributed by atoms with Gasteiger partial charge in [-0.3, -0.25) is 4.79 Å². The van der Waals surface area contributed by atoms with E-state index in [1.54, 1.807) is 13.3 Å². The van der Waals surface area contributed by atoms with E-state index in [4.69, 9.17) is 9.47 Å². The highest BCUT2D eigenvalue weighted by atomic mass is 79.9.